The average molecular weight is 1230 g/mol. The molecule has 11 N–H and O–H groups in total. The second-order valence-corrected chi connectivity index (χ2v) is 21.0. The van der Waals surface area contributed by atoms with Crippen LogP contribution in [0.5, 0.6) is 0 Å². The number of carboxylic acids is 1. The molecular formula is C63H81N13O13. The largest absolute Gasteiger partial charge is 0.480 e. The van der Waals surface area contributed by atoms with Crippen LogP contribution in [0.25, 0.3) is 21.8 Å². The second kappa shape index (κ2) is 35.3. The number of carboxylic acid groups (broad SMARTS) is 1. The highest BCUT2D eigenvalue weighted by Gasteiger charge is 2.36. The minimum absolute atomic E-state index is 0.0389. The Balaban J connectivity index is 0.000000238. The molecule has 0 spiro atoms. The van der Waals surface area contributed by atoms with Crippen LogP contribution in [0.2, 0.25) is 0 Å². The summed E-state index contributed by atoms with van der Waals surface area (Å²) in [5, 5.41) is 25.9. The number of ether oxygens (including phenoxy) is 2. The van der Waals surface area contributed by atoms with Gasteiger partial charge in [-0.15, -0.1) is 0 Å². The van der Waals surface area contributed by atoms with Gasteiger partial charge in [-0.1, -0.05) is 73.5 Å². The summed E-state index contributed by atoms with van der Waals surface area (Å²) in [5.41, 5.74) is 8.63. The van der Waals surface area contributed by atoms with Crippen molar-refractivity contribution >= 4 is 92.3 Å². The van der Waals surface area contributed by atoms with E-state index < -0.39 is 41.9 Å². The lowest BCUT2D eigenvalue weighted by molar-refractivity contribution is -0.136. The number of unbranched alkanes of at least 4 members (excludes halogenated alkanes) is 3. The summed E-state index contributed by atoms with van der Waals surface area (Å²) in [6.07, 6.45) is 7.10. The van der Waals surface area contributed by atoms with E-state index >= 15 is 0 Å². The third-order valence-electron chi connectivity index (χ3n) is 14.5. The number of carbonyl (C=O) groups is 10. The summed E-state index contributed by atoms with van der Waals surface area (Å²) in [7, 11) is 1.94. The number of hydrogen-bond acceptors (Lipinski definition) is 14. The summed E-state index contributed by atoms with van der Waals surface area (Å²) in [4.78, 5) is 136. The molecule has 476 valence electrons. The number of aromatic amines is 2. The Kier molecular flexibility index (Phi) is 27.2. The quantitative estimate of drug-likeness (QED) is 0.0212. The molecule has 2 saturated heterocycles. The number of nitrogens with zero attached hydrogens (tertiary/aromatic N) is 4. The lowest BCUT2D eigenvalue weighted by Crippen LogP contribution is -2.56. The maximum absolute atomic E-state index is 13.3. The SMILES string of the molecule is CC(=O)NCCOCCOCCN.CNCCCCCCNC(=O)Nc1cccc2c(C(=O)C(=O)N3CCN(C(=O)c4ccccc4)C[C@H]3C)c[nH]c12.C[C@@H]1CN(C(=O)c2ccccc2)CCN1C(=O)C(=O)c1c[nH]c2c(NC(=O)NCC(=O)O)cccc12. The molecule has 0 unspecified atom stereocenters. The van der Waals surface area contributed by atoms with Crippen molar-refractivity contribution in [3.05, 3.63) is 132 Å². The van der Waals surface area contributed by atoms with E-state index in [1.54, 1.807) is 89.5 Å². The highest BCUT2D eigenvalue weighted by molar-refractivity contribution is 6.45. The first-order chi connectivity index (χ1) is 42.9. The van der Waals surface area contributed by atoms with Crippen LogP contribution in [-0.4, -0.2) is 211 Å². The molecule has 2 aliphatic heterocycles. The molecule has 8 rings (SSSR count). The van der Waals surface area contributed by atoms with Gasteiger partial charge in [0, 0.05) is 112 Å². The van der Waals surface area contributed by atoms with Crippen LogP contribution in [0.3, 0.4) is 0 Å². The van der Waals surface area contributed by atoms with Gasteiger partial charge in [0.15, 0.2) is 0 Å². The summed E-state index contributed by atoms with van der Waals surface area (Å²) < 4.78 is 10.2. The molecule has 89 heavy (non-hydrogen) atoms. The second-order valence-electron chi connectivity index (χ2n) is 21.0. The van der Waals surface area contributed by atoms with Crippen molar-refractivity contribution in [3.63, 3.8) is 0 Å². The van der Waals surface area contributed by atoms with Crippen molar-refractivity contribution in [3.8, 4) is 0 Å². The van der Waals surface area contributed by atoms with E-state index in [-0.39, 0.29) is 60.1 Å². The maximum Gasteiger partial charge on any atom is 0.323 e. The molecule has 9 amide bonds. The standard InChI is InChI=1S/C30H38N6O4.C25H25N5O6.C8H18N2O3/c1-21-20-35(28(38)22-11-6-5-7-12-22)17-18-36(21)29(39)27(37)24-19-33-26-23(24)13-10-14-25(26)34-30(40)32-16-9-4-3-8-15-31-2;1-15-14-29(23(34)16-6-3-2-4-7-16)10-11-30(15)24(35)22(33)18-12-26-21-17(18)8-5-9-19(21)28-25(36)27-13-20(31)32;1-8(11)10-3-5-13-7-6-12-4-2-9/h5-7,10-14,19,21,31,33H,3-4,8-9,15-18,20H2,1-2H3,(H2,32,34,40);2-9,12,15,26H,10-11,13-14H2,1H3,(H,31,32)(H2,27,28,36);2-7,9H2,1H3,(H,10,11)/t21-;15-;/m11./s1. The first-order valence-electron chi connectivity index (χ1n) is 29.6. The normalized spacial score (nSPS) is 14.5. The number of fused-ring (bicyclic) bond motifs is 2. The third-order valence-corrected chi connectivity index (χ3v) is 14.5. The summed E-state index contributed by atoms with van der Waals surface area (Å²) >= 11 is 0. The lowest BCUT2D eigenvalue weighted by Gasteiger charge is -2.39. The number of Topliss-reactive ketones (excluding diaryl/α,β-unsaturated/α-hetero) is 2. The van der Waals surface area contributed by atoms with Crippen molar-refractivity contribution < 1.29 is 62.5 Å². The zero-order chi connectivity index (χ0) is 64.2. The van der Waals surface area contributed by atoms with Gasteiger partial charge in [0.25, 0.3) is 35.2 Å². The van der Waals surface area contributed by atoms with Gasteiger partial charge >= 0.3 is 18.0 Å². The molecule has 0 radical (unpaired) electrons. The summed E-state index contributed by atoms with van der Waals surface area (Å²) in [6, 6.07) is 26.3. The Labute approximate surface area is 515 Å². The van der Waals surface area contributed by atoms with Gasteiger partial charge in [0.2, 0.25) is 5.91 Å². The van der Waals surface area contributed by atoms with E-state index in [1.807, 2.05) is 38.2 Å². The van der Waals surface area contributed by atoms with Crippen LogP contribution in [0, 0.1) is 0 Å². The van der Waals surface area contributed by atoms with Gasteiger partial charge in [0.05, 0.1) is 60.0 Å². The number of H-pyrrole nitrogens is 2. The number of carbonyl (C=O) groups excluding carboxylic acids is 9. The molecule has 2 aromatic heterocycles. The van der Waals surface area contributed by atoms with Crippen molar-refractivity contribution in [1.29, 1.82) is 0 Å². The van der Waals surface area contributed by atoms with Gasteiger partial charge < -0.3 is 81.8 Å². The van der Waals surface area contributed by atoms with E-state index in [1.165, 1.54) is 29.1 Å². The van der Waals surface area contributed by atoms with Crippen LogP contribution in [0.15, 0.2) is 109 Å². The number of nitrogens with one attached hydrogen (secondary N) is 8. The Morgan fingerprint density at radius 1 is 0.551 bits per heavy atom. The minimum atomic E-state index is -1.19. The highest BCUT2D eigenvalue weighted by atomic mass is 16.5. The van der Waals surface area contributed by atoms with Crippen molar-refractivity contribution in [2.75, 3.05) is 116 Å². The zero-order valence-electron chi connectivity index (χ0n) is 50.7. The number of aromatic nitrogens is 2. The molecule has 2 atom stereocenters. The fourth-order valence-electron chi connectivity index (χ4n) is 9.97. The lowest BCUT2D eigenvalue weighted by atomic mass is 10.1. The maximum atomic E-state index is 13.3. The smallest absolute Gasteiger partial charge is 0.323 e. The Morgan fingerprint density at radius 2 is 1.01 bits per heavy atom. The number of nitrogens with two attached hydrogens (primary N) is 1. The van der Waals surface area contributed by atoms with E-state index in [9.17, 15) is 47.9 Å². The number of amides is 9. The highest BCUT2D eigenvalue weighted by Crippen LogP contribution is 2.29. The van der Waals surface area contributed by atoms with Crippen LogP contribution in [0.1, 0.15) is 87.9 Å². The van der Waals surface area contributed by atoms with E-state index in [0.717, 1.165) is 32.2 Å². The molecule has 0 aliphatic carbocycles. The molecule has 4 heterocycles. The predicted octanol–water partition coefficient (Wildman–Crippen LogP) is 4.67. The van der Waals surface area contributed by atoms with Gasteiger partial charge in [-0.25, -0.2) is 9.59 Å². The number of ketones is 2. The van der Waals surface area contributed by atoms with Gasteiger partial charge in [-0.05, 0) is 76.7 Å². The molecule has 0 bridgehead atoms. The summed E-state index contributed by atoms with van der Waals surface area (Å²) in [6.45, 7) is 11.2. The zero-order valence-corrected chi connectivity index (χ0v) is 50.7. The predicted molar refractivity (Wildman–Crippen MR) is 336 cm³/mol. The number of urea groups is 2. The monoisotopic (exact) mass is 1230 g/mol. The number of aliphatic carboxylic acids is 1. The van der Waals surface area contributed by atoms with Crippen molar-refractivity contribution in [2.45, 2.75) is 58.5 Å². The molecule has 26 heteroatoms. The fraction of sp³-hybridized carbons (Fsp3) is 0.397. The first kappa shape index (κ1) is 68.6. The minimum Gasteiger partial charge on any atom is -0.480 e. The molecule has 2 aliphatic rings. The number of benzene rings is 4. The van der Waals surface area contributed by atoms with Gasteiger partial charge in [0.1, 0.15) is 6.54 Å². The summed E-state index contributed by atoms with van der Waals surface area (Å²) in [5.74, 6) is -4.04. The number of hydrogen-bond donors (Lipinski definition) is 10. The third kappa shape index (κ3) is 20.3. The van der Waals surface area contributed by atoms with E-state index in [4.69, 9.17) is 20.3 Å². The van der Waals surface area contributed by atoms with Gasteiger partial charge in [-0.2, -0.15) is 0 Å². The van der Waals surface area contributed by atoms with Crippen LogP contribution >= 0.6 is 0 Å². The Bertz CT molecular complexity index is 3370. The Morgan fingerprint density at radius 3 is 1.45 bits per heavy atom. The van der Waals surface area contributed by atoms with Crippen LogP contribution in [0.4, 0.5) is 21.0 Å². The molecule has 2 fully saturated rings. The number of para-hydroxylation sites is 2. The fourth-order valence-corrected chi connectivity index (χ4v) is 9.97. The van der Waals surface area contributed by atoms with Gasteiger partial charge in [-0.3, -0.25) is 38.4 Å². The number of rotatable bonds is 25. The van der Waals surface area contributed by atoms with Crippen LogP contribution < -0.4 is 37.6 Å². The topological polar surface area (TPSA) is 352 Å². The first-order valence-corrected chi connectivity index (χ1v) is 29.6. The van der Waals surface area contributed by atoms with Crippen molar-refractivity contribution in [1.82, 2.24) is 50.8 Å². The molecule has 0 saturated carbocycles. The molecule has 4 aromatic carbocycles. The molecule has 26 nitrogen and oxygen atoms in total. The number of piperazine rings is 2. The van der Waals surface area contributed by atoms with E-state index in [2.05, 4.69) is 41.9 Å². The Hall–Kier alpha value is -9.50. The van der Waals surface area contributed by atoms with Crippen LogP contribution in [-0.2, 0) is 28.7 Å². The van der Waals surface area contributed by atoms with E-state index in [0.29, 0.717) is 117 Å². The molecular weight excluding hydrogens is 1150 g/mol. The molecule has 6 aromatic rings. The number of anilines is 2. The van der Waals surface area contributed by atoms with Crippen molar-refractivity contribution in [2.24, 2.45) is 5.73 Å². The average Bonchev–Trinajstić information content (AvgIpc) is 1.90.